The van der Waals surface area contributed by atoms with Crippen molar-refractivity contribution in [3.05, 3.63) is 0 Å². The summed E-state index contributed by atoms with van der Waals surface area (Å²) < 4.78 is 11.7. The smallest absolute Gasteiger partial charge is 0.0805 e. The second-order valence-electron chi connectivity index (χ2n) is 9.55. The molecule has 0 saturated heterocycles. The molecular formula is C27H54O2. The second-order valence-corrected chi connectivity index (χ2v) is 9.55. The van der Waals surface area contributed by atoms with Crippen molar-refractivity contribution in [1.29, 1.82) is 0 Å². The first-order chi connectivity index (χ1) is 14.3. The van der Waals surface area contributed by atoms with Crippen molar-refractivity contribution >= 4 is 0 Å². The summed E-state index contributed by atoms with van der Waals surface area (Å²) in [4.78, 5) is 0. The van der Waals surface area contributed by atoms with Gasteiger partial charge < -0.3 is 9.47 Å². The summed E-state index contributed by atoms with van der Waals surface area (Å²) in [5.41, 5.74) is 0. The van der Waals surface area contributed by atoms with E-state index in [1.807, 2.05) is 0 Å². The third-order valence-electron chi connectivity index (χ3n) is 6.72. The Balaban J connectivity index is 1.78. The Morgan fingerprint density at radius 2 is 1.17 bits per heavy atom. The molecule has 1 aliphatic carbocycles. The highest BCUT2D eigenvalue weighted by Crippen LogP contribution is 2.45. The molecule has 0 heterocycles. The van der Waals surface area contributed by atoms with Crippen LogP contribution in [0.5, 0.6) is 0 Å². The molecule has 0 aromatic heterocycles. The normalized spacial score (nSPS) is 19.6. The molecule has 2 nitrogen and oxygen atoms in total. The zero-order valence-electron chi connectivity index (χ0n) is 20.4. The van der Waals surface area contributed by atoms with Gasteiger partial charge in [0.2, 0.25) is 0 Å². The summed E-state index contributed by atoms with van der Waals surface area (Å²) in [6.45, 7) is 9.29. The SMILES string of the molecule is CCCCCCCCCCC1CC1CCCCCCOCC(CC)OCCCC. The molecule has 0 spiro atoms. The lowest BCUT2D eigenvalue weighted by molar-refractivity contribution is -0.0197. The van der Waals surface area contributed by atoms with Crippen LogP contribution in [0.4, 0.5) is 0 Å². The standard InChI is InChI=1S/C27H54O2/c1-4-7-9-10-11-12-13-16-19-25-23-26(25)20-17-14-15-18-21-28-24-27(6-3)29-22-8-5-2/h25-27H,4-24H2,1-3H3. The van der Waals surface area contributed by atoms with Crippen molar-refractivity contribution in [2.24, 2.45) is 11.8 Å². The van der Waals surface area contributed by atoms with Crippen LogP contribution in [-0.2, 0) is 9.47 Å². The molecule has 0 radical (unpaired) electrons. The van der Waals surface area contributed by atoms with Gasteiger partial charge >= 0.3 is 0 Å². The van der Waals surface area contributed by atoms with E-state index in [2.05, 4.69) is 20.8 Å². The Morgan fingerprint density at radius 3 is 1.76 bits per heavy atom. The lowest BCUT2D eigenvalue weighted by Crippen LogP contribution is -2.20. The van der Waals surface area contributed by atoms with Gasteiger partial charge in [-0.25, -0.2) is 0 Å². The van der Waals surface area contributed by atoms with Crippen molar-refractivity contribution in [3.8, 4) is 0 Å². The van der Waals surface area contributed by atoms with Crippen LogP contribution >= 0.6 is 0 Å². The number of hydrogen-bond donors (Lipinski definition) is 0. The van der Waals surface area contributed by atoms with Gasteiger partial charge in [0.15, 0.2) is 0 Å². The number of rotatable bonds is 23. The van der Waals surface area contributed by atoms with Gasteiger partial charge in [-0.1, -0.05) is 111 Å². The van der Waals surface area contributed by atoms with Gasteiger partial charge in [0.05, 0.1) is 12.7 Å². The zero-order chi connectivity index (χ0) is 21.0. The molecule has 3 unspecified atom stereocenters. The lowest BCUT2D eigenvalue weighted by atomic mass is 10.0. The topological polar surface area (TPSA) is 18.5 Å². The van der Waals surface area contributed by atoms with Gasteiger partial charge in [0.25, 0.3) is 0 Å². The highest BCUT2D eigenvalue weighted by atomic mass is 16.5. The van der Waals surface area contributed by atoms with Crippen molar-refractivity contribution < 1.29 is 9.47 Å². The summed E-state index contributed by atoms with van der Waals surface area (Å²) in [5, 5.41) is 0. The van der Waals surface area contributed by atoms with Crippen molar-refractivity contribution in [1.82, 2.24) is 0 Å². The average molecular weight is 411 g/mol. The quantitative estimate of drug-likeness (QED) is 0.157. The fourth-order valence-electron chi connectivity index (χ4n) is 4.41. The Labute approximate surface area is 183 Å². The van der Waals surface area contributed by atoms with E-state index in [9.17, 15) is 0 Å². The molecule has 3 atom stereocenters. The van der Waals surface area contributed by atoms with Crippen LogP contribution in [0.15, 0.2) is 0 Å². The van der Waals surface area contributed by atoms with Crippen LogP contribution in [0, 0.1) is 11.8 Å². The highest BCUT2D eigenvalue weighted by Gasteiger charge is 2.34. The molecule has 1 aliphatic rings. The Morgan fingerprint density at radius 1 is 0.621 bits per heavy atom. The Hall–Kier alpha value is -0.0800. The molecule has 0 aliphatic heterocycles. The number of ether oxygens (including phenoxy) is 2. The third kappa shape index (κ3) is 16.3. The highest BCUT2D eigenvalue weighted by molar-refractivity contribution is 4.85. The molecule has 1 saturated carbocycles. The van der Waals surface area contributed by atoms with E-state index >= 15 is 0 Å². The van der Waals surface area contributed by atoms with Gasteiger partial charge in [0, 0.05) is 13.2 Å². The molecule has 0 aromatic rings. The van der Waals surface area contributed by atoms with Crippen LogP contribution in [0.25, 0.3) is 0 Å². The molecular weight excluding hydrogens is 356 g/mol. The summed E-state index contributed by atoms with van der Waals surface area (Å²) >= 11 is 0. The molecule has 0 N–H and O–H groups in total. The lowest BCUT2D eigenvalue weighted by Gasteiger charge is -2.16. The third-order valence-corrected chi connectivity index (χ3v) is 6.72. The van der Waals surface area contributed by atoms with Crippen molar-refractivity contribution in [2.45, 2.75) is 142 Å². The fraction of sp³-hybridized carbons (Fsp3) is 1.00. The van der Waals surface area contributed by atoms with Crippen LogP contribution in [0.2, 0.25) is 0 Å². The Kier molecular flexibility index (Phi) is 18.5. The van der Waals surface area contributed by atoms with Crippen molar-refractivity contribution in [2.75, 3.05) is 19.8 Å². The molecule has 0 bridgehead atoms. The average Bonchev–Trinajstić information content (AvgIpc) is 3.48. The first-order valence-corrected chi connectivity index (χ1v) is 13.5. The predicted octanol–water partition coefficient (Wildman–Crippen LogP) is 8.72. The molecule has 1 fully saturated rings. The summed E-state index contributed by atoms with van der Waals surface area (Å²) in [6, 6.07) is 0. The maximum atomic E-state index is 5.86. The van der Waals surface area contributed by atoms with Crippen LogP contribution in [-0.4, -0.2) is 25.9 Å². The van der Waals surface area contributed by atoms with E-state index < -0.39 is 0 Å². The van der Waals surface area contributed by atoms with E-state index in [-0.39, 0.29) is 0 Å². The number of unbranched alkanes of at least 4 members (excludes halogenated alkanes) is 11. The molecule has 0 amide bonds. The van der Waals surface area contributed by atoms with Gasteiger partial charge in [-0.3, -0.25) is 0 Å². The minimum absolute atomic E-state index is 0.300. The molecule has 2 heteroatoms. The zero-order valence-corrected chi connectivity index (χ0v) is 20.4. The maximum Gasteiger partial charge on any atom is 0.0805 e. The minimum Gasteiger partial charge on any atom is -0.379 e. The number of hydrogen-bond acceptors (Lipinski definition) is 2. The largest absolute Gasteiger partial charge is 0.379 e. The van der Waals surface area contributed by atoms with E-state index in [4.69, 9.17) is 9.47 Å². The first-order valence-electron chi connectivity index (χ1n) is 13.5. The van der Waals surface area contributed by atoms with E-state index in [0.717, 1.165) is 44.5 Å². The molecule has 29 heavy (non-hydrogen) atoms. The predicted molar refractivity (Wildman–Crippen MR) is 128 cm³/mol. The van der Waals surface area contributed by atoms with Gasteiger partial charge in [-0.05, 0) is 37.5 Å². The first kappa shape index (κ1) is 27.0. The maximum absolute atomic E-state index is 5.86. The summed E-state index contributed by atoms with van der Waals surface area (Å²) in [6.07, 6.45) is 25.3. The Bertz CT molecular complexity index is 330. The monoisotopic (exact) mass is 410 g/mol. The summed E-state index contributed by atoms with van der Waals surface area (Å²) in [7, 11) is 0. The van der Waals surface area contributed by atoms with Gasteiger partial charge in [0.1, 0.15) is 0 Å². The van der Waals surface area contributed by atoms with Gasteiger partial charge in [-0.2, -0.15) is 0 Å². The fourth-order valence-corrected chi connectivity index (χ4v) is 4.41. The van der Waals surface area contributed by atoms with Crippen LogP contribution in [0.3, 0.4) is 0 Å². The summed E-state index contributed by atoms with van der Waals surface area (Å²) in [5.74, 6) is 2.18. The molecule has 0 aromatic carbocycles. The van der Waals surface area contributed by atoms with E-state index in [1.54, 1.807) is 0 Å². The van der Waals surface area contributed by atoms with Crippen LogP contribution in [0.1, 0.15) is 136 Å². The minimum atomic E-state index is 0.300. The van der Waals surface area contributed by atoms with E-state index in [1.165, 1.54) is 103 Å². The second kappa shape index (κ2) is 19.9. The molecule has 1 rings (SSSR count). The van der Waals surface area contributed by atoms with Crippen molar-refractivity contribution in [3.63, 3.8) is 0 Å². The van der Waals surface area contributed by atoms with E-state index in [0.29, 0.717) is 6.10 Å². The molecule has 174 valence electrons. The van der Waals surface area contributed by atoms with Gasteiger partial charge in [-0.15, -0.1) is 0 Å². The van der Waals surface area contributed by atoms with Crippen LogP contribution < -0.4 is 0 Å².